The molecule has 0 aromatic heterocycles. The summed E-state index contributed by atoms with van der Waals surface area (Å²) < 4.78 is 39.0. The van der Waals surface area contributed by atoms with Gasteiger partial charge in [-0.25, -0.2) is 0 Å². The summed E-state index contributed by atoms with van der Waals surface area (Å²) in [4.78, 5) is 24.6. The second-order valence-electron chi connectivity index (χ2n) is 6.35. The maximum atomic E-state index is 13.0. The molecule has 2 aliphatic rings. The molecule has 0 heterocycles. The predicted molar refractivity (Wildman–Crippen MR) is 67.9 cm³/mol. The van der Waals surface area contributed by atoms with Crippen molar-refractivity contribution in [2.24, 2.45) is 16.7 Å². The van der Waals surface area contributed by atoms with Crippen molar-refractivity contribution in [1.29, 1.82) is 0 Å². The highest BCUT2D eigenvalue weighted by Gasteiger charge is 2.69. The molecule has 5 heteroatoms. The van der Waals surface area contributed by atoms with Crippen LogP contribution in [0.15, 0.2) is 23.8 Å². The first-order valence-corrected chi connectivity index (χ1v) is 6.50. The zero-order valence-corrected chi connectivity index (χ0v) is 11.7. The summed E-state index contributed by atoms with van der Waals surface area (Å²) in [6, 6.07) is 0. The van der Waals surface area contributed by atoms with Gasteiger partial charge in [0.1, 0.15) is 5.41 Å². The average molecular weight is 286 g/mol. The molecule has 2 rings (SSSR count). The van der Waals surface area contributed by atoms with Crippen molar-refractivity contribution in [3.05, 3.63) is 23.8 Å². The van der Waals surface area contributed by atoms with Crippen LogP contribution in [0.1, 0.15) is 33.6 Å². The molecule has 2 atom stereocenters. The number of alkyl halides is 3. The van der Waals surface area contributed by atoms with Gasteiger partial charge in [-0.1, -0.05) is 32.1 Å². The molecule has 0 aliphatic heterocycles. The highest BCUT2D eigenvalue weighted by atomic mass is 19.4. The van der Waals surface area contributed by atoms with Gasteiger partial charge in [0.2, 0.25) is 0 Å². The Hall–Kier alpha value is -1.39. The summed E-state index contributed by atoms with van der Waals surface area (Å²) in [7, 11) is 0. The van der Waals surface area contributed by atoms with Crippen molar-refractivity contribution in [2.75, 3.05) is 0 Å². The normalized spacial score (nSPS) is 32.0. The van der Waals surface area contributed by atoms with Gasteiger partial charge in [-0.2, -0.15) is 13.2 Å². The monoisotopic (exact) mass is 286 g/mol. The van der Waals surface area contributed by atoms with E-state index in [0.717, 1.165) is 0 Å². The Labute approximate surface area is 115 Å². The minimum Gasteiger partial charge on any atom is -0.298 e. The number of rotatable bonds is 2. The molecule has 2 nitrogen and oxygen atoms in total. The van der Waals surface area contributed by atoms with E-state index in [1.54, 1.807) is 19.9 Å². The van der Waals surface area contributed by atoms with Crippen molar-refractivity contribution in [3.8, 4) is 0 Å². The first-order valence-electron chi connectivity index (χ1n) is 6.50. The number of ketones is 2. The molecule has 0 radical (unpaired) electrons. The van der Waals surface area contributed by atoms with Crippen LogP contribution in [0.25, 0.3) is 0 Å². The Morgan fingerprint density at radius 2 is 1.95 bits per heavy atom. The van der Waals surface area contributed by atoms with Crippen molar-refractivity contribution in [2.45, 2.75) is 39.8 Å². The van der Waals surface area contributed by atoms with Gasteiger partial charge >= 0.3 is 6.18 Å². The molecule has 1 fully saturated rings. The van der Waals surface area contributed by atoms with Crippen LogP contribution in [0, 0.1) is 16.7 Å². The average Bonchev–Trinajstić information content (AvgIpc) is 2.24. The van der Waals surface area contributed by atoms with Crippen molar-refractivity contribution in [1.82, 2.24) is 0 Å². The van der Waals surface area contributed by atoms with Crippen LogP contribution in [-0.2, 0) is 9.59 Å². The number of fused-ring (bicyclic) bond motifs is 1. The predicted octanol–water partition coefficient (Wildman–Crippen LogP) is 3.63. The van der Waals surface area contributed by atoms with E-state index in [2.05, 4.69) is 6.58 Å². The molecule has 0 aromatic carbocycles. The quantitative estimate of drug-likeness (QED) is 0.726. The summed E-state index contributed by atoms with van der Waals surface area (Å²) in [6.45, 7) is 8.35. The van der Waals surface area contributed by atoms with E-state index < -0.39 is 34.5 Å². The number of allylic oxidation sites excluding steroid dienone is 3. The Morgan fingerprint density at radius 1 is 1.40 bits per heavy atom. The number of carbonyl (C=O) groups excluding carboxylic acids is 2. The van der Waals surface area contributed by atoms with Crippen LogP contribution in [-0.4, -0.2) is 17.7 Å². The molecular weight excluding hydrogens is 269 g/mol. The van der Waals surface area contributed by atoms with E-state index in [4.69, 9.17) is 0 Å². The second-order valence-corrected chi connectivity index (χ2v) is 6.35. The molecule has 2 aliphatic carbocycles. The van der Waals surface area contributed by atoms with Crippen molar-refractivity contribution in [3.63, 3.8) is 0 Å². The minimum absolute atomic E-state index is 0.155. The fourth-order valence-corrected chi connectivity index (χ4v) is 3.41. The lowest BCUT2D eigenvalue weighted by molar-refractivity contribution is -0.188. The van der Waals surface area contributed by atoms with E-state index in [1.807, 2.05) is 0 Å². The second kappa shape index (κ2) is 4.06. The van der Waals surface area contributed by atoms with Crippen LogP contribution in [0.4, 0.5) is 13.2 Å². The van der Waals surface area contributed by atoms with E-state index in [-0.39, 0.29) is 5.57 Å². The molecule has 0 N–H and O–H groups in total. The third-order valence-electron chi connectivity index (χ3n) is 4.48. The van der Waals surface area contributed by atoms with Crippen LogP contribution >= 0.6 is 0 Å². The highest BCUT2D eigenvalue weighted by molar-refractivity contribution is 6.17. The molecule has 2 unspecified atom stereocenters. The molecular formula is C15H17F3O2. The van der Waals surface area contributed by atoms with Crippen LogP contribution < -0.4 is 0 Å². The minimum atomic E-state index is -5.02. The van der Waals surface area contributed by atoms with Gasteiger partial charge in [-0.3, -0.25) is 9.59 Å². The molecule has 0 bridgehead atoms. The Balaban J connectivity index is 2.63. The van der Waals surface area contributed by atoms with Gasteiger partial charge in [0, 0.05) is 11.3 Å². The molecule has 20 heavy (non-hydrogen) atoms. The number of hydrogen-bond donors (Lipinski definition) is 0. The largest absolute Gasteiger partial charge is 0.451 e. The van der Waals surface area contributed by atoms with Crippen molar-refractivity contribution >= 4 is 11.6 Å². The number of carbonyl (C=O) groups is 2. The zero-order chi connectivity index (χ0) is 15.5. The lowest BCUT2D eigenvalue weighted by Gasteiger charge is -2.53. The molecule has 0 spiro atoms. The lowest BCUT2D eigenvalue weighted by atomic mass is 9.46. The maximum absolute atomic E-state index is 13.0. The smallest absolute Gasteiger partial charge is 0.298 e. The summed E-state index contributed by atoms with van der Waals surface area (Å²) in [6.07, 6.45) is -2.52. The number of Topliss-reactive ketones (excluding diaryl/α,β-unsaturated/α-hetero) is 2. The van der Waals surface area contributed by atoms with Gasteiger partial charge < -0.3 is 0 Å². The molecule has 0 aromatic rings. The first kappa shape index (κ1) is 15.0. The standard InChI is InChI=1S/C15H17F3O2/c1-8(2)10-7-9-5-6-13(3,4)11(19)14(9,10)12(20)15(16,17)18/h7,9H,1,5-6H2,2-4H3. The zero-order valence-electron chi connectivity index (χ0n) is 11.7. The Kier molecular flexibility index (Phi) is 3.04. The fourth-order valence-electron chi connectivity index (χ4n) is 3.41. The summed E-state index contributed by atoms with van der Waals surface area (Å²) >= 11 is 0. The molecule has 110 valence electrons. The first-order chi connectivity index (χ1) is 8.95. The third kappa shape index (κ3) is 1.71. The Bertz CT molecular complexity index is 530. The van der Waals surface area contributed by atoms with Gasteiger partial charge in [-0.05, 0) is 25.3 Å². The topological polar surface area (TPSA) is 34.1 Å². The Morgan fingerprint density at radius 3 is 2.40 bits per heavy atom. The van der Waals surface area contributed by atoms with Gasteiger partial charge in [0.05, 0.1) is 0 Å². The lowest BCUT2D eigenvalue weighted by Crippen LogP contribution is -2.62. The van der Waals surface area contributed by atoms with Crippen molar-refractivity contribution < 1.29 is 22.8 Å². The van der Waals surface area contributed by atoms with Gasteiger partial charge in [0.25, 0.3) is 5.78 Å². The number of halogens is 3. The molecule has 1 saturated carbocycles. The summed E-state index contributed by atoms with van der Waals surface area (Å²) in [5.41, 5.74) is -2.47. The van der Waals surface area contributed by atoms with E-state index in [1.165, 1.54) is 6.92 Å². The van der Waals surface area contributed by atoms with Gasteiger partial charge in [0.15, 0.2) is 5.78 Å². The SMILES string of the molecule is C=C(C)C1=CC2CCC(C)(C)C(=O)C12C(=O)C(F)(F)F. The van der Waals surface area contributed by atoms with E-state index in [0.29, 0.717) is 18.4 Å². The highest BCUT2D eigenvalue weighted by Crippen LogP contribution is 2.61. The van der Waals surface area contributed by atoms with Gasteiger partial charge in [-0.15, -0.1) is 0 Å². The van der Waals surface area contributed by atoms with Crippen LogP contribution in [0.3, 0.4) is 0 Å². The van der Waals surface area contributed by atoms with Crippen LogP contribution in [0.5, 0.6) is 0 Å². The molecule has 0 saturated heterocycles. The van der Waals surface area contributed by atoms with E-state index in [9.17, 15) is 22.8 Å². The van der Waals surface area contributed by atoms with E-state index >= 15 is 0 Å². The summed E-state index contributed by atoms with van der Waals surface area (Å²) in [5.74, 6) is -3.21. The maximum Gasteiger partial charge on any atom is 0.451 e. The third-order valence-corrected chi connectivity index (χ3v) is 4.48. The summed E-state index contributed by atoms with van der Waals surface area (Å²) in [5, 5.41) is 0. The number of hydrogen-bond acceptors (Lipinski definition) is 2. The van der Waals surface area contributed by atoms with Crippen LogP contribution in [0.2, 0.25) is 0 Å². The molecule has 0 amide bonds. The fraction of sp³-hybridized carbons (Fsp3) is 0.600.